The van der Waals surface area contributed by atoms with Gasteiger partial charge >= 0.3 is 12.1 Å². The fraction of sp³-hybridized carbons (Fsp3) is 0.100. The van der Waals surface area contributed by atoms with E-state index in [1.165, 1.54) is 12.4 Å². The first kappa shape index (κ1) is 12.1. The van der Waals surface area contributed by atoms with Gasteiger partial charge in [-0.1, -0.05) is 0 Å². The number of benzene rings is 1. The van der Waals surface area contributed by atoms with Gasteiger partial charge in [0, 0.05) is 0 Å². The zero-order valence-corrected chi connectivity index (χ0v) is 8.72. The Morgan fingerprint density at radius 2 is 1.78 bits per heavy atom. The largest absolute Gasteiger partial charge is 0.478 e. The topological polar surface area (TPSA) is 68.0 Å². The molecule has 0 radical (unpaired) electrons. The SMILES string of the molecule is O=C(O)c1cc(-n2nccn2)cc(C(F)(F)F)c1. The van der Waals surface area contributed by atoms with Crippen molar-refractivity contribution in [3.8, 4) is 5.69 Å². The van der Waals surface area contributed by atoms with Gasteiger partial charge in [-0.25, -0.2) is 4.79 Å². The van der Waals surface area contributed by atoms with Gasteiger partial charge in [0.2, 0.25) is 0 Å². The van der Waals surface area contributed by atoms with E-state index in [4.69, 9.17) is 5.11 Å². The highest BCUT2D eigenvalue weighted by Crippen LogP contribution is 2.31. The summed E-state index contributed by atoms with van der Waals surface area (Å²) in [6.45, 7) is 0. The van der Waals surface area contributed by atoms with E-state index in [2.05, 4.69) is 10.2 Å². The predicted molar refractivity (Wildman–Crippen MR) is 53.3 cm³/mol. The maximum Gasteiger partial charge on any atom is 0.416 e. The van der Waals surface area contributed by atoms with E-state index < -0.39 is 23.3 Å². The lowest BCUT2D eigenvalue weighted by atomic mass is 10.1. The van der Waals surface area contributed by atoms with Crippen LogP contribution in [0.5, 0.6) is 0 Å². The molecule has 8 heteroatoms. The van der Waals surface area contributed by atoms with Gasteiger partial charge in [0.15, 0.2) is 0 Å². The Bertz CT molecular complexity index is 579. The monoisotopic (exact) mass is 257 g/mol. The molecule has 5 nitrogen and oxygen atoms in total. The number of halogens is 3. The van der Waals surface area contributed by atoms with Crippen LogP contribution in [0, 0.1) is 0 Å². The molecule has 0 aliphatic heterocycles. The van der Waals surface area contributed by atoms with Crippen LogP contribution < -0.4 is 0 Å². The lowest BCUT2D eigenvalue weighted by molar-refractivity contribution is -0.137. The number of nitrogens with zero attached hydrogens (tertiary/aromatic N) is 3. The Morgan fingerprint density at radius 3 is 2.28 bits per heavy atom. The van der Waals surface area contributed by atoms with Crippen LogP contribution in [0.3, 0.4) is 0 Å². The number of rotatable bonds is 2. The predicted octanol–water partition coefficient (Wildman–Crippen LogP) is 1.98. The molecule has 0 spiro atoms. The van der Waals surface area contributed by atoms with Gasteiger partial charge in [-0.05, 0) is 18.2 Å². The average Bonchev–Trinajstić information content (AvgIpc) is 2.80. The third-order valence-electron chi connectivity index (χ3n) is 2.14. The van der Waals surface area contributed by atoms with E-state index >= 15 is 0 Å². The molecule has 0 amide bonds. The Hall–Kier alpha value is -2.38. The second kappa shape index (κ2) is 4.13. The van der Waals surface area contributed by atoms with E-state index in [0.29, 0.717) is 6.07 Å². The summed E-state index contributed by atoms with van der Waals surface area (Å²) in [4.78, 5) is 11.7. The lowest BCUT2D eigenvalue weighted by Gasteiger charge is -2.09. The molecule has 1 heterocycles. The van der Waals surface area contributed by atoms with Gasteiger partial charge in [-0.3, -0.25) is 0 Å². The van der Waals surface area contributed by atoms with Crippen molar-refractivity contribution in [3.63, 3.8) is 0 Å². The molecule has 0 aliphatic rings. The first-order valence-corrected chi connectivity index (χ1v) is 4.70. The summed E-state index contributed by atoms with van der Waals surface area (Å²) in [5.74, 6) is -1.45. The van der Waals surface area contributed by atoms with Crippen molar-refractivity contribution in [1.29, 1.82) is 0 Å². The normalized spacial score (nSPS) is 11.5. The highest BCUT2D eigenvalue weighted by atomic mass is 19.4. The maximum absolute atomic E-state index is 12.6. The van der Waals surface area contributed by atoms with Crippen LogP contribution in [0.1, 0.15) is 15.9 Å². The number of carbonyl (C=O) groups is 1. The van der Waals surface area contributed by atoms with E-state index in [0.717, 1.165) is 16.9 Å². The van der Waals surface area contributed by atoms with Crippen LogP contribution in [-0.4, -0.2) is 26.1 Å². The van der Waals surface area contributed by atoms with Gasteiger partial charge in [0.1, 0.15) is 0 Å². The van der Waals surface area contributed by atoms with Crippen molar-refractivity contribution in [2.45, 2.75) is 6.18 Å². The van der Waals surface area contributed by atoms with Crippen LogP contribution in [0.4, 0.5) is 13.2 Å². The number of hydrogen-bond donors (Lipinski definition) is 1. The van der Waals surface area contributed by atoms with E-state index in [9.17, 15) is 18.0 Å². The van der Waals surface area contributed by atoms with Crippen molar-refractivity contribution in [1.82, 2.24) is 15.0 Å². The molecule has 18 heavy (non-hydrogen) atoms. The summed E-state index contributed by atoms with van der Waals surface area (Å²) in [6.07, 6.45) is -2.07. The standard InChI is InChI=1S/C10H6F3N3O2/c11-10(12,13)7-3-6(9(17)18)4-8(5-7)16-14-1-2-15-16/h1-5H,(H,17,18). The van der Waals surface area contributed by atoms with Crippen LogP contribution in [0.15, 0.2) is 30.6 Å². The fourth-order valence-corrected chi connectivity index (χ4v) is 1.36. The second-order valence-corrected chi connectivity index (χ2v) is 3.39. The van der Waals surface area contributed by atoms with Gasteiger partial charge in [-0.2, -0.15) is 28.2 Å². The van der Waals surface area contributed by atoms with E-state index in [-0.39, 0.29) is 5.69 Å². The van der Waals surface area contributed by atoms with Gasteiger partial charge < -0.3 is 5.11 Å². The van der Waals surface area contributed by atoms with Crippen LogP contribution in [0.2, 0.25) is 0 Å². The molecule has 0 aliphatic carbocycles. The third-order valence-corrected chi connectivity index (χ3v) is 2.14. The molecule has 0 bridgehead atoms. The summed E-state index contributed by atoms with van der Waals surface area (Å²) in [7, 11) is 0. The summed E-state index contributed by atoms with van der Waals surface area (Å²) in [6, 6.07) is 2.42. The minimum absolute atomic E-state index is 0.0628. The van der Waals surface area contributed by atoms with Crippen LogP contribution in [-0.2, 0) is 6.18 Å². The van der Waals surface area contributed by atoms with Gasteiger partial charge in [-0.15, -0.1) is 0 Å². The Labute approximate surface area is 98.5 Å². The molecule has 1 aromatic heterocycles. The Morgan fingerprint density at radius 1 is 1.17 bits per heavy atom. The highest BCUT2D eigenvalue weighted by molar-refractivity contribution is 5.88. The lowest BCUT2D eigenvalue weighted by Crippen LogP contribution is -2.10. The zero-order chi connectivity index (χ0) is 13.3. The number of carboxylic acids is 1. The zero-order valence-electron chi connectivity index (χ0n) is 8.72. The molecule has 0 saturated heterocycles. The molecule has 0 atom stereocenters. The number of alkyl halides is 3. The summed E-state index contributed by atoms with van der Waals surface area (Å²) in [5, 5.41) is 16.1. The first-order valence-electron chi connectivity index (χ1n) is 4.70. The number of aromatic nitrogens is 3. The van der Waals surface area contributed by atoms with Gasteiger partial charge in [0.25, 0.3) is 0 Å². The second-order valence-electron chi connectivity index (χ2n) is 3.39. The van der Waals surface area contributed by atoms with Crippen LogP contribution in [0.25, 0.3) is 5.69 Å². The number of aromatic carboxylic acids is 1. The molecule has 0 fully saturated rings. The van der Waals surface area contributed by atoms with E-state index in [1.807, 2.05) is 0 Å². The van der Waals surface area contributed by atoms with E-state index in [1.54, 1.807) is 0 Å². The molecule has 0 unspecified atom stereocenters. The molecule has 1 N–H and O–H groups in total. The van der Waals surface area contributed by atoms with Crippen molar-refractivity contribution < 1.29 is 23.1 Å². The molecule has 2 rings (SSSR count). The molecule has 0 saturated carbocycles. The Kier molecular flexibility index (Phi) is 2.77. The van der Waals surface area contributed by atoms with Crippen LogP contribution >= 0.6 is 0 Å². The number of hydrogen-bond acceptors (Lipinski definition) is 3. The maximum atomic E-state index is 12.6. The summed E-state index contributed by atoms with van der Waals surface area (Å²) < 4.78 is 37.8. The quantitative estimate of drug-likeness (QED) is 0.893. The van der Waals surface area contributed by atoms with Crippen molar-refractivity contribution in [2.75, 3.05) is 0 Å². The summed E-state index contributed by atoms with van der Waals surface area (Å²) in [5.41, 5.74) is -1.60. The smallest absolute Gasteiger partial charge is 0.416 e. The molecule has 1 aromatic carbocycles. The first-order chi connectivity index (χ1) is 8.38. The van der Waals surface area contributed by atoms with Crippen molar-refractivity contribution in [2.24, 2.45) is 0 Å². The molecular weight excluding hydrogens is 251 g/mol. The molecular formula is C10H6F3N3O2. The fourth-order valence-electron chi connectivity index (χ4n) is 1.36. The third kappa shape index (κ3) is 2.31. The molecule has 2 aromatic rings. The number of carboxylic acid groups (broad SMARTS) is 1. The summed E-state index contributed by atoms with van der Waals surface area (Å²) >= 11 is 0. The highest BCUT2D eigenvalue weighted by Gasteiger charge is 2.32. The minimum atomic E-state index is -4.63. The minimum Gasteiger partial charge on any atom is -0.478 e. The average molecular weight is 257 g/mol. The van der Waals surface area contributed by atoms with Crippen molar-refractivity contribution >= 4 is 5.97 Å². The molecule has 94 valence electrons. The van der Waals surface area contributed by atoms with Crippen molar-refractivity contribution in [3.05, 3.63) is 41.7 Å². The Balaban J connectivity index is 2.61. The van der Waals surface area contributed by atoms with Gasteiger partial charge in [0.05, 0.1) is 29.2 Å².